The number of hydrogen-bond donors (Lipinski definition) is 1. The first-order valence-corrected chi connectivity index (χ1v) is 8.69. The molecule has 5 heteroatoms. The van der Waals surface area contributed by atoms with Crippen molar-refractivity contribution in [3.05, 3.63) is 0 Å². The fourth-order valence-corrected chi connectivity index (χ4v) is 3.04. The van der Waals surface area contributed by atoms with Gasteiger partial charge in [0, 0.05) is 13.6 Å². The van der Waals surface area contributed by atoms with E-state index in [1.54, 1.807) is 7.05 Å². The van der Waals surface area contributed by atoms with Gasteiger partial charge in [0.25, 0.3) is 0 Å². The Morgan fingerprint density at radius 3 is 2.39 bits per heavy atom. The van der Waals surface area contributed by atoms with Crippen molar-refractivity contribution in [1.82, 2.24) is 9.62 Å². The molecule has 0 aromatic carbocycles. The molecule has 110 valence electrons. The molecule has 1 N–H and O–H groups in total. The predicted molar refractivity (Wildman–Crippen MR) is 78.3 cm³/mol. The monoisotopic (exact) mass is 278 g/mol. The first-order valence-electron chi connectivity index (χ1n) is 7.08. The fraction of sp³-hybridized carbons (Fsp3) is 1.00. The number of sulfonamides is 1. The molecule has 0 amide bonds. The summed E-state index contributed by atoms with van der Waals surface area (Å²) in [5.74, 6) is 0.698. The normalized spacial score (nSPS) is 14.1. The van der Waals surface area contributed by atoms with Gasteiger partial charge < -0.3 is 5.32 Å². The Labute approximate surface area is 113 Å². The molecule has 1 unspecified atom stereocenters. The van der Waals surface area contributed by atoms with Crippen LogP contribution >= 0.6 is 0 Å². The first-order chi connectivity index (χ1) is 8.44. The van der Waals surface area contributed by atoms with Crippen LogP contribution in [0.4, 0.5) is 0 Å². The van der Waals surface area contributed by atoms with Crippen LogP contribution in [0.3, 0.4) is 0 Å². The van der Waals surface area contributed by atoms with Gasteiger partial charge in [-0.05, 0) is 38.3 Å². The fourth-order valence-electron chi connectivity index (χ4n) is 1.67. The Morgan fingerprint density at radius 2 is 1.83 bits per heavy atom. The van der Waals surface area contributed by atoms with E-state index in [0.717, 1.165) is 38.8 Å². The highest BCUT2D eigenvalue weighted by Gasteiger charge is 2.18. The molecule has 0 radical (unpaired) electrons. The Kier molecular flexibility index (Phi) is 9.68. The Morgan fingerprint density at radius 1 is 1.17 bits per heavy atom. The van der Waals surface area contributed by atoms with E-state index < -0.39 is 10.0 Å². The topological polar surface area (TPSA) is 49.4 Å². The van der Waals surface area contributed by atoms with Crippen LogP contribution in [0, 0.1) is 5.92 Å². The SMILES string of the molecule is CCCNCCCCS(=O)(=O)N(C)CC(C)CC. The van der Waals surface area contributed by atoms with E-state index in [2.05, 4.69) is 26.1 Å². The smallest absolute Gasteiger partial charge is 0.213 e. The van der Waals surface area contributed by atoms with E-state index >= 15 is 0 Å². The van der Waals surface area contributed by atoms with E-state index in [-0.39, 0.29) is 5.75 Å². The summed E-state index contributed by atoms with van der Waals surface area (Å²) in [5, 5.41) is 3.28. The van der Waals surface area contributed by atoms with Gasteiger partial charge in [0.05, 0.1) is 5.75 Å². The highest BCUT2D eigenvalue weighted by molar-refractivity contribution is 7.89. The molecular weight excluding hydrogens is 248 g/mol. The minimum atomic E-state index is -3.05. The number of rotatable bonds is 11. The Balaban J connectivity index is 3.85. The molecule has 0 rings (SSSR count). The van der Waals surface area contributed by atoms with Crippen molar-refractivity contribution < 1.29 is 8.42 Å². The number of unbranched alkanes of at least 4 members (excludes halogenated alkanes) is 1. The summed E-state index contributed by atoms with van der Waals surface area (Å²) in [6.07, 6.45) is 3.80. The second kappa shape index (κ2) is 9.75. The van der Waals surface area contributed by atoms with Crippen molar-refractivity contribution in [3.63, 3.8) is 0 Å². The van der Waals surface area contributed by atoms with Gasteiger partial charge in [-0.25, -0.2) is 12.7 Å². The first kappa shape index (κ1) is 17.9. The molecule has 1 atom stereocenters. The van der Waals surface area contributed by atoms with E-state index in [1.807, 2.05) is 0 Å². The lowest BCUT2D eigenvalue weighted by molar-refractivity contribution is 0.393. The quantitative estimate of drug-likeness (QED) is 0.589. The lowest BCUT2D eigenvalue weighted by Gasteiger charge is -2.20. The minimum Gasteiger partial charge on any atom is -0.317 e. The molecule has 0 fully saturated rings. The van der Waals surface area contributed by atoms with Crippen molar-refractivity contribution in [2.45, 2.75) is 46.5 Å². The van der Waals surface area contributed by atoms with Crippen LogP contribution in [-0.2, 0) is 10.0 Å². The average Bonchev–Trinajstić information content (AvgIpc) is 2.33. The van der Waals surface area contributed by atoms with Gasteiger partial charge in [-0.1, -0.05) is 27.2 Å². The molecule has 0 saturated heterocycles. The van der Waals surface area contributed by atoms with Crippen LogP contribution in [0.5, 0.6) is 0 Å². The zero-order valence-corrected chi connectivity index (χ0v) is 13.2. The lowest BCUT2D eigenvalue weighted by atomic mass is 10.1. The van der Waals surface area contributed by atoms with Crippen molar-refractivity contribution in [1.29, 1.82) is 0 Å². The van der Waals surface area contributed by atoms with Crippen LogP contribution in [0.1, 0.15) is 46.5 Å². The van der Waals surface area contributed by atoms with Crippen LogP contribution in [-0.4, -0.2) is 45.2 Å². The number of hydrogen-bond acceptors (Lipinski definition) is 3. The summed E-state index contributed by atoms with van der Waals surface area (Å²) in [7, 11) is -1.36. The predicted octanol–water partition coefficient (Wildman–Crippen LogP) is 2.07. The third kappa shape index (κ3) is 8.06. The van der Waals surface area contributed by atoms with Crippen LogP contribution < -0.4 is 5.32 Å². The largest absolute Gasteiger partial charge is 0.317 e. The molecule has 0 bridgehead atoms. The van der Waals surface area contributed by atoms with Crippen molar-refractivity contribution in [2.24, 2.45) is 5.92 Å². The highest BCUT2D eigenvalue weighted by Crippen LogP contribution is 2.08. The van der Waals surface area contributed by atoms with Gasteiger partial charge in [0.1, 0.15) is 0 Å². The maximum absolute atomic E-state index is 12.0. The zero-order valence-electron chi connectivity index (χ0n) is 12.4. The third-order valence-electron chi connectivity index (χ3n) is 3.17. The van der Waals surface area contributed by atoms with Crippen LogP contribution in [0.2, 0.25) is 0 Å². The summed E-state index contributed by atoms with van der Waals surface area (Å²) in [6.45, 7) is 8.86. The average molecular weight is 278 g/mol. The van der Waals surface area contributed by atoms with Gasteiger partial charge in [-0.15, -0.1) is 0 Å². The lowest BCUT2D eigenvalue weighted by Crippen LogP contribution is -2.33. The molecule has 0 aromatic heterocycles. The van der Waals surface area contributed by atoms with E-state index in [1.165, 1.54) is 4.31 Å². The van der Waals surface area contributed by atoms with Gasteiger partial charge >= 0.3 is 0 Å². The van der Waals surface area contributed by atoms with Gasteiger partial charge in [-0.3, -0.25) is 0 Å². The molecular formula is C13H30N2O2S. The van der Waals surface area contributed by atoms with Crippen molar-refractivity contribution >= 4 is 10.0 Å². The molecule has 0 aromatic rings. The van der Waals surface area contributed by atoms with Crippen molar-refractivity contribution in [3.8, 4) is 0 Å². The second-order valence-electron chi connectivity index (χ2n) is 5.07. The molecule has 4 nitrogen and oxygen atoms in total. The third-order valence-corrected chi connectivity index (χ3v) is 5.08. The van der Waals surface area contributed by atoms with Gasteiger partial charge in [0.2, 0.25) is 10.0 Å². The molecule has 0 aliphatic heterocycles. The molecule has 0 spiro atoms. The number of nitrogens with one attached hydrogen (secondary N) is 1. The summed E-state index contributed by atoms with van der Waals surface area (Å²) >= 11 is 0. The highest BCUT2D eigenvalue weighted by atomic mass is 32.2. The molecule has 0 aliphatic rings. The number of nitrogens with zero attached hydrogens (tertiary/aromatic N) is 1. The molecule has 0 aliphatic carbocycles. The maximum Gasteiger partial charge on any atom is 0.213 e. The zero-order chi connectivity index (χ0) is 14.0. The summed E-state index contributed by atoms with van der Waals surface area (Å²) in [4.78, 5) is 0. The molecule has 0 heterocycles. The van der Waals surface area contributed by atoms with Crippen molar-refractivity contribution in [2.75, 3.05) is 32.4 Å². The van der Waals surface area contributed by atoms with E-state index in [4.69, 9.17) is 0 Å². The molecule has 0 saturated carbocycles. The standard InChI is InChI=1S/C13H30N2O2S/c1-5-9-14-10-7-8-11-18(16,17)15(4)12-13(3)6-2/h13-14H,5-12H2,1-4H3. The van der Waals surface area contributed by atoms with Crippen LogP contribution in [0.25, 0.3) is 0 Å². The molecule has 18 heavy (non-hydrogen) atoms. The second-order valence-corrected chi connectivity index (χ2v) is 7.26. The van der Waals surface area contributed by atoms with Gasteiger partial charge in [-0.2, -0.15) is 0 Å². The minimum absolute atomic E-state index is 0.272. The van der Waals surface area contributed by atoms with E-state index in [0.29, 0.717) is 12.5 Å². The van der Waals surface area contributed by atoms with E-state index in [9.17, 15) is 8.42 Å². The summed E-state index contributed by atoms with van der Waals surface area (Å²) in [5.41, 5.74) is 0. The summed E-state index contributed by atoms with van der Waals surface area (Å²) < 4.78 is 25.5. The maximum atomic E-state index is 12.0. The van der Waals surface area contributed by atoms with Gasteiger partial charge in [0.15, 0.2) is 0 Å². The van der Waals surface area contributed by atoms with Crippen LogP contribution in [0.15, 0.2) is 0 Å². The Bertz CT molecular complexity index is 291. The summed E-state index contributed by atoms with van der Waals surface area (Å²) in [6, 6.07) is 0. The Hall–Kier alpha value is -0.130.